The normalized spacial score (nSPS) is 15.9. The van der Waals surface area contributed by atoms with Gasteiger partial charge in [0.1, 0.15) is 0 Å². The lowest BCUT2D eigenvalue weighted by atomic mass is 10.2. The Labute approximate surface area is 114 Å². The maximum Gasteiger partial charge on any atom is 0.165 e. The fourth-order valence-corrected chi connectivity index (χ4v) is 2.39. The molecule has 106 valence electrons. The minimum absolute atomic E-state index is 0.305. The van der Waals surface area contributed by atoms with Gasteiger partial charge in [-0.15, -0.1) is 0 Å². The van der Waals surface area contributed by atoms with Crippen LogP contribution in [-0.4, -0.2) is 38.3 Å². The average molecular weight is 267 g/mol. The number of likely N-dealkylation sites (tertiary alicyclic amines) is 1. The third-order valence-corrected chi connectivity index (χ3v) is 3.38. The maximum atomic E-state index is 13.6. The van der Waals surface area contributed by atoms with Crippen molar-refractivity contribution in [2.24, 2.45) is 0 Å². The van der Waals surface area contributed by atoms with Crippen LogP contribution in [0.2, 0.25) is 0 Å². The van der Waals surface area contributed by atoms with Gasteiger partial charge in [-0.05, 0) is 50.0 Å². The van der Waals surface area contributed by atoms with Gasteiger partial charge in [-0.2, -0.15) is 0 Å². The summed E-state index contributed by atoms with van der Waals surface area (Å²) >= 11 is 0. The third kappa shape index (κ3) is 4.48. The van der Waals surface area contributed by atoms with Gasteiger partial charge in [-0.3, -0.25) is 0 Å². The molecule has 0 radical (unpaired) electrons. The van der Waals surface area contributed by atoms with E-state index in [4.69, 9.17) is 9.47 Å². The lowest BCUT2D eigenvalue weighted by Crippen LogP contribution is -2.22. The summed E-state index contributed by atoms with van der Waals surface area (Å²) in [5.74, 6) is 0.0250. The lowest BCUT2D eigenvalue weighted by molar-refractivity contribution is 0.184. The van der Waals surface area contributed by atoms with E-state index in [1.807, 2.05) is 0 Å². The monoisotopic (exact) mass is 267 g/mol. The number of hydrogen-bond donors (Lipinski definition) is 0. The molecule has 0 aliphatic carbocycles. The van der Waals surface area contributed by atoms with E-state index in [1.54, 1.807) is 19.2 Å². The molecule has 1 aromatic carbocycles. The van der Waals surface area contributed by atoms with E-state index in [-0.39, 0.29) is 5.82 Å². The molecule has 0 bridgehead atoms. The van der Waals surface area contributed by atoms with Gasteiger partial charge >= 0.3 is 0 Å². The van der Waals surface area contributed by atoms with E-state index in [9.17, 15) is 4.39 Å². The molecule has 0 unspecified atom stereocenters. The van der Waals surface area contributed by atoms with Gasteiger partial charge in [0.05, 0.1) is 13.2 Å². The Bertz CT molecular complexity index is 392. The van der Waals surface area contributed by atoms with E-state index < -0.39 is 0 Å². The SMILES string of the molecule is COCc1ccc(F)c(OCCCN2CCCC2)c1. The van der Waals surface area contributed by atoms with Crippen molar-refractivity contribution in [3.05, 3.63) is 29.6 Å². The van der Waals surface area contributed by atoms with Gasteiger partial charge in [-0.25, -0.2) is 4.39 Å². The number of halogens is 1. The molecule has 19 heavy (non-hydrogen) atoms. The van der Waals surface area contributed by atoms with Crippen molar-refractivity contribution in [1.29, 1.82) is 0 Å². The average Bonchev–Trinajstić information content (AvgIpc) is 2.91. The molecule has 0 saturated carbocycles. The van der Waals surface area contributed by atoms with Crippen molar-refractivity contribution in [3.63, 3.8) is 0 Å². The van der Waals surface area contributed by atoms with E-state index >= 15 is 0 Å². The summed E-state index contributed by atoms with van der Waals surface area (Å²) in [4.78, 5) is 2.43. The Morgan fingerprint density at radius 2 is 2.05 bits per heavy atom. The quantitative estimate of drug-likeness (QED) is 0.709. The first-order valence-corrected chi connectivity index (χ1v) is 6.92. The van der Waals surface area contributed by atoms with E-state index in [0.29, 0.717) is 19.0 Å². The zero-order chi connectivity index (χ0) is 13.5. The number of hydrogen-bond acceptors (Lipinski definition) is 3. The molecular formula is C15H22FNO2. The van der Waals surface area contributed by atoms with Gasteiger partial charge in [0.2, 0.25) is 0 Å². The standard InChI is InChI=1S/C15H22FNO2/c1-18-12-13-5-6-14(16)15(11-13)19-10-4-9-17-7-2-3-8-17/h5-6,11H,2-4,7-10,12H2,1H3. The highest BCUT2D eigenvalue weighted by Gasteiger charge is 2.11. The summed E-state index contributed by atoms with van der Waals surface area (Å²) in [6.45, 7) is 4.46. The number of methoxy groups -OCH3 is 1. The number of nitrogens with zero attached hydrogens (tertiary/aromatic N) is 1. The molecule has 2 rings (SSSR count). The summed E-state index contributed by atoms with van der Waals surface area (Å²) in [6.07, 6.45) is 3.54. The van der Waals surface area contributed by atoms with Crippen LogP contribution in [0.1, 0.15) is 24.8 Å². The molecule has 1 aliphatic heterocycles. The van der Waals surface area contributed by atoms with Crippen LogP contribution in [0, 0.1) is 5.82 Å². The first-order valence-electron chi connectivity index (χ1n) is 6.92. The van der Waals surface area contributed by atoms with Gasteiger partial charge in [-0.1, -0.05) is 6.07 Å². The van der Waals surface area contributed by atoms with Gasteiger partial charge < -0.3 is 14.4 Å². The summed E-state index contributed by atoms with van der Waals surface area (Å²) in [5, 5.41) is 0. The first kappa shape index (κ1) is 14.3. The zero-order valence-corrected chi connectivity index (χ0v) is 11.5. The van der Waals surface area contributed by atoms with E-state index in [2.05, 4.69) is 4.90 Å². The molecule has 0 spiro atoms. The van der Waals surface area contributed by atoms with Crippen molar-refractivity contribution >= 4 is 0 Å². The zero-order valence-electron chi connectivity index (χ0n) is 11.5. The van der Waals surface area contributed by atoms with Gasteiger partial charge in [0, 0.05) is 13.7 Å². The van der Waals surface area contributed by atoms with Crippen LogP contribution in [0.5, 0.6) is 5.75 Å². The molecule has 1 heterocycles. The van der Waals surface area contributed by atoms with Crippen LogP contribution >= 0.6 is 0 Å². The van der Waals surface area contributed by atoms with Crippen LogP contribution in [-0.2, 0) is 11.3 Å². The fourth-order valence-electron chi connectivity index (χ4n) is 2.39. The van der Waals surface area contributed by atoms with Crippen molar-refractivity contribution in [2.75, 3.05) is 33.4 Å². The largest absolute Gasteiger partial charge is 0.490 e. The molecule has 0 aromatic heterocycles. The molecule has 4 heteroatoms. The summed E-state index contributed by atoms with van der Waals surface area (Å²) in [7, 11) is 1.62. The third-order valence-electron chi connectivity index (χ3n) is 3.38. The molecule has 1 aliphatic rings. The van der Waals surface area contributed by atoms with Gasteiger partial charge in [0.25, 0.3) is 0 Å². The smallest absolute Gasteiger partial charge is 0.165 e. The number of rotatable bonds is 7. The Kier molecular flexibility index (Phi) is 5.61. The minimum atomic E-state index is -0.305. The molecule has 0 atom stereocenters. The Balaban J connectivity index is 1.76. The second-order valence-corrected chi connectivity index (χ2v) is 4.95. The van der Waals surface area contributed by atoms with Crippen LogP contribution in [0.25, 0.3) is 0 Å². The van der Waals surface area contributed by atoms with Crippen molar-refractivity contribution < 1.29 is 13.9 Å². The second-order valence-electron chi connectivity index (χ2n) is 4.95. The van der Waals surface area contributed by atoms with Crippen molar-refractivity contribution in [1.82, 2.24) is 4.90 Å². The van der Waals surface area contributed by atoms with Crippen molar-refractivity contribution in [3.8, 4) is 5.75 Å². The summed E-state index contributed by atoms with van der Waals surface area (Å²) < 4.78 is 24.1. The summed E-state index contributed by atoms with van der Waals surface area (Å²) in [6, 6.07) is 4.87. The van der Waals surface area contributed by atoms with Gasteiger partial charge in [0.15, 0.2) is 11.6 Å². The maximum absolute atomic E-state index is 13.6. The Morgan fingerprint density at radius 1 is 1.26 bits per heavy atom. The van der Waals surface area contributed by atoms with E-state index in [1.165, 1.54) is 32.0 Å². The van der Waals surface area contributed by atoms with E-state index in [0.717, 1.165) is 18.5 Å². The molecule has 1 saturated heterocycles. The number of benzene rings is 1. The van der Waals surface area contributed by atoms with Crippen molar-refractivity contribution in [2.45, 2.75) is 25.9 Å². The Morgan fingerprint density at radius 3 is 2.79 bits per heavy atom. The van der Waals surface area contributed by atoms with Crippen LogP contribution in [0.4, 0.5) is 4.39 Å². The second kappa shape index (κ2) is 7.46. The molecule has 0 N–H and O–H groups in total. The van der Waals surface area contributed by atoms with Crippen LogP contribution < -0.4 is 4.74 Å². The van der Waals surface area contributed by atoms with Crippen LogP contribution in [0.3, 0.4) is 0 Å². The highest BCUT2D eigenvalue weighted by Crippen LogP contribution is 2.19. The topological polar surface area (TPSA) is 21.7 Å². The first-order chi connectivity index (χ1) is 9.29. The highest BCUT2D eigenvalue weighted by molar-refractivity contribution is 5.29. The molecule has 1 aromatic rings. The molecule has 0 amide bonds. The lowest BCUT2D eigenvalue weighted by Gasteiger charge is -2.14. The minimum Gasteiger partial charge on any atom is -0.490 e. The highest BCUT2D eigenvalue weighted by atomic mass is 19.1. The number of ether oxygens (including phenoxy) is 2. The molecule has 3 nitrogen and oxygen atoms in total. The van der Waals surface area contributed by atoms with Crippen LogP contribution in [0.15, 0.2) is 18.2 Å². The fraction of sp³-hybridized carbons (Fsp3) is 0.600. The Hall–Kier alpha value is -1.13. The molecular weight excluding hydrogens is 245 g/mol. The molecule has 1 fully saturated rings. The predicted molar refractivity (Wildman–Crippen MR) is 72.9 cm³/mol. The predicted octanol–water partition coefficient (Wildman–Crippen LogP) is 2.84. The summed E-state index contributed by atoms with van der Waals surface area (Å²) in [5.41, 5.74) is 0.929.